The fourth-order valence-corrected chi connectivity index (χ4v) is 4.19. The van der Waals surface area contributed by atoms with Crippen LogP contribution in [0.2, 0.25) is 0 Å². The number of nitrogens with zero attached hydrogens (tertiary/aromatic N) is 1. The molecule has 31 heavy (non-hydrogen) atoms. The van der Waals surface area contributed by atoms with Crippen molar-refractivity contribution in [1.82, 2.24) is 10.6 Å². The van der Waals surface area contributed by atoms with Gasteiger partial charge < -0.3 is 30.0 Å². The molecule has 2 fully saturated rings. The highest BCUT2D eigenvalue weighted by molar-refractivity contribution is 14.0. The molecule has 1 heterocycles. The van der Waals surface area contributed by atoms with E-state index >= 15 is 0 Å². The molecule has 0 amide bonds. The lowest BCUT2D eigenvalue weighted by Gasteiger charge is -2.27. The van der Waals surface area contributed by atoms with E-state index in [4.69, 9.17) is 19.2 Å². The van der Waals surface area contributed by atoms with Crippen LogP contribution < -0.4 is 20.1 Å². The first-order valence-electron chi connectivity index (χ1n) is 11.2. The lowest BCUT2D eigenvalue weighted by molar-refractivity contribution is 0.127. The van der Waals surface area contributed by atoms with Crippen LogP contribution >= 0.6 is 24.0 Å². The predicted octanol–water partition coefficient (Wildman–Crippen LogP) is 3.48. The number of aliphatic hydroxyl groups is 1. The Hall–Kier alpha value is -1.26. The molecule has 7 nitrogen and oxygen atoms in total. The Balaban J connectivity index is 0.00000341. The maximum atomic E-state index is 9.43. The zero-order chi connectivity index (χ0) is 21.2. The molecule has 2 aliphatic rings. The molecule has 1 aliphatic heterocycles. The van der Waals surface area contributed by atoms with Crippen molar-refractivity contribution in [3.8, 4) is 11.5 Å². The SMILES string of the molecule is CCNC(=NCc1ccc(OC)c(OC2CCCC2)c1)NCC1(CCO)CCOC1.I. The Labute approximate surface area is 203 Å². The van der Waals surface area contributed by atoms with E-state index in [1.165, 1.54) is 12.8 Å². The van der Waals surface area contributed by atoms with Crippen LogP contribution in [-0.4, -0.2) is 57.2 Å². The summed E-state index contributed by atoms with van der Waals surface area (Å²) in [5, 5.41) is 16.2. The third-order valence-electron chi connectivity index (χ3n) is 6.05. The van der Waals surface area contributed by atoms with E-state index in [0.717, 1.165) is 68.4 Å². The molecule has 3 N–H and O–H groups in total. The van der Waals surface area contributed by atoms with Gasteiger partial charge in [0.25, 0.3) is 0 Å². The highest BCUT2D eigenvalue weighted by Crippen LogP contribution is 2.33. The molecule has 1 atom stereocenters. The van der Waals surface area contributed by atoms with E-state index in [2.05, 4.69) is 17.6 Å². The second-order valence-corrected chi connectivity index (χ2v) is 8.33. The lowest BCUT2D eigenvalue weighted by atomic mass is 9.84. The maximum absolute atomic E-state index is 9.43. The third kappa shape index (κ3) is 7.68. The van der Waals surface area contributed by atoms with Crippen LogP contribution in [0.1, 0.15) is 51.0 Å². The van der Waals surface area contributed by atoms with Crippen molar-refractivity contribution in [2.24, 2.45) is 10.4 Å². The number of ether oxygens (including phenoxy) is 3. The van der Waals surface area contributed by atoms with E-state index in [0.29, 0.717) is 13.2 Å². The molecule has 0 spiro atoms. The Kier molecular flexibility index (Phi) is 11.2. The molecular formula is C23H38IN3O4. The number of hydrogen-bond donors (Lipinski definition) is 3. The molecule has 1 aromatic rings. The van der Waals surface area contributed by atoms with Gasteiger partial charge in [-0.05, 0) is 63.1 Å². The minimum Gasteiger partial charge on any atom is -0.493 e. The molecule has 1 aliphatic carbocycles. The summed E-state index contributed by atoms with van der Waals surface area (Å²) < 4.78 is 17.3. The molecular weight excluding hydrogens is 509 g/mol. The van der Waals surface area contributed by atoms with Crippen LogP contribution in [0.3, 0.4) is 0 Å². The van der Waals surface area contributed by atoms with E-state index in [-0.39, 0.29) is 42.1 Å². The Bertz CT molecular complexity index is 689. The number of hydrogen-bond acceptors (Lipinski definition) is 5. The first-order valence-corrected chi connectivity index (χ1v) is 11.2. The molecule has 176 valence electrons. The fraction of sp³-hybridized carbons (Fsp3) is 0.696. The second kappa shape index (κ2) is 13.3. The number of halogens is 1. The van der Waals surface area contributed by atoms with E-state index in [1.807, 2.05) is 18.2 Å². The molecule has 0 aromatic heterocycles. The van der Waals surface area contributed by atoms with Crippen molar-refractivity contribution in [2.45, 2.75) is 58.1 Å². The average Bonchev–Trinajstić information content (AvgIpc) is 3.43. The van der Waals surface area contributed by atoms with Crippen LogP contribution in [0, 0.1) is 5.41 Å². The van der Waals surface area contributed by atoms with Crippen LogP contribution in [0.4, 0.5) is 0 Å². The number of aliphatic imine (C=N–C) groups is 1. The van der Waals surface area contributed by atoms with Gasteiger partial charge in [-0.25, -0.2) is 4.99 Å². The molecule has 8 heteroatoms. The highest BCUT2D eigenvalue weighted by atomic mass is 127. The van der Waals surface area contributed by atoms with Crippen LogP contribution in [0.25, 0.3) is 0 Å². The van der Waals surface area contributed by atoms with E-state index in [1.54, 1.807) is 7.11 Å². The number of aliphatic hydroxyl groups excluding tert-OH is 1. The van der Waals surface area contributed by atoms with Crippen molar-refractivity contribution in [1.29, 1.82) is 0 Å². The van der Waals surface area contributed by atoms with Crippen molar-refractivity contribution in [2.75, 3.05) is 40.0 Å². The molecule has 1 saturated heterocycles. The molecule has 1 aromatic carbocycles. The summed E-state index contributed by atoms with van der Waals surface area (Å²) in [5.74, 6) is 2.35. The van der Waals surface area contributed by atoms with Gasteiger partial charge in [-0.1, -0.05) is 6.07 Å². The summed E-state index contributed by atoms with van der Waals surface area (Å²) in [7, 11) is 1.68. The lowest BCUT2D eigenvalue weighted by Crippen LogP contribution is -2.44. The van der Waals surface area contributed by atoms with Crippen LogP contribution in [-0.2, 0) is 11.3 Å². The zero-order valence-electron chi connectivity index (χ0n) is 18.8. The summed E-state index contributed by atoms with van der Waals surface area (Å²) >= 11 is 0. The van der Waals surface area contributed by atoms with Gasteiger partial charge in [-0.2, -0.15) is 0 Å². The largest absolute Gasteiger partial charge is 0.493 e. The number of benzene rings is 1. The zero-order valence-corrected chi connectivity index (χ0v) is 21.2. The van der Waals surface area contributed by atoms with Gasteiger partial charge in [-0.3, -0.25) is 0 Å². The quantitative estimate of drug-likeness (QED) is 0.237. The monoisotopic (exact) mass is 547 g/mol. The van der Waals surface area contributed by atoms with Gasteiger partial charge in [0.1, 0.15) is 0 Å². The average molecular weight is 547 g/mol. The fourth-order valence-electron chi connectivity index (χ4n) is 4.19. The van der Waals surface area contributed by atoms with Gasteiger partial charge in [0.15, 0.2) is 17.5 Å². The molecule has 1 unspecified atom stereocenters. The van der Waals surface area contributed by atoms with Gasteiger partial charge in [0.05, 0.1) is 26.4 Å². The Morgan fingerprint density at radius 1 is 1.26 bits per heavy atom. The minimum atomic E-state index is -0.0205. The van der Waals surface area contributed by atoms with Crippen molar-refractivity contribution in [3.63, 3.8) is 0 Å². The maximum Gasteiger partial charge on any atom is 0.191 e. The summed E-state index contributed by atoms with van der Waals surface area (Å²) in [6.07, 6.45) is 6.67. The number of nitrogens with one attached hydrogen (secondary N) is 2. The third-order valence-corrected chi connectivity index (χ3v) is 6.05. The predicted molar refractivity (Wildman–Crippen MR) is 134 cm³/mol. The van der Waals surface area contributed by atoms with Gasteiger partial charge in [0.2, 0.25) is 0 Å². The van der Waals surface area contributed by atoms with Crippen molar-refractivity contribution in [3.05, 3.63) is 23.8 Å². The molecule has 0 bridgehead atoms. The summed E-state index contributed by atoms with van der Waals surface area (Å²) in [6.45, 7) is 5.73. The van der Waals surface area contributed by atoms with E-state index < -0.39 is 0 Å². The van der Waals surface area contributed by atoms with E-state index in [9.17, 15) is 5.11 Å². The molecule has 1 saturated carbocycles. The van der Waals surface area contributed by atoms with Crippen LogP contribution in [0.15, 0.2) is 23.2 Å². The van der Waals surface area contributed by atoms with Crippen molar-refractivity contribution < 1.29 is 19.3 Å². The number of guanidine groups is 1. The first-order chi connectivity index (χ1) is 14.7. The first kappa shape index (κ1) is 26.0. The minimum absolute atomic E-state index is 0. The standard InChI is InChI=1S/C23H37N3O4.HI/c1-3-24-22(26-16-23(10-12-27)11-13-29-17-23)25-15-18-8-9-20(28-2)21(14-18)30-19-6-4-5-7-19;/h8-9,14,19,27H,3-7,10-13,15-17H2,1-2H3,(H2,24,25,26);1H. The van der Waals surface area contributed by atoms with Crippen LogP contribution in [0.5, 0.6) is 11.5 Å². The topological polar surface area (TPSA) is 84.3 Å². The normalized spacial score (nSPS) is 21.6. The Morgan fingerprint density at radius 2 is 2.06 bits per heavy atom. The van der Waals surface area contributed by atoms with Gasteiger partial charge in [0, 0.05) is 31.7 Å². The smallest absolute Gasteiger partial charge is 0.191 e. The summed E-state index contributed by atoms with van der Waals surface area (Å²) in [6, 6.07) is 6.04. The Morgan fingerprint density at radius 3 is 2.71 bits per heavy atom. The number of methoxy groups -OCH3 is 1. The molecule has 3 rings (SSSR count). The van der Waals surface area contributed by atoms with Crippen molar-refractivity contribution >= 4 is 29.9 Å². The number of rotatable bonds is 10. The second-order valence-electron chi connectivity index (χ2n) is 8.33. The van der Waals surface area contributed by atoms with Gasteiger partial charge in [-0.15, -0.1) is 24.0 Å². The van der Waals surface area contributed by atoms with Gasteiger partial charge >= 0.3 is 0 Å². The molecule has 0 radical (unpaired) electrons. The summed E-state index contributed by atoms with van der Waals surface area (Å²) in [5.41, 5.74) is 1.06. The highest BCUT2D eigenvalue weighted by Gasteiger charge is 2.34. The summed E-state index contributed by atoms with van der Waals surface area (Å²) in [4.78, 5) is 4.76.